The Balaban J connectivity index is 2.02. The first kappa shape index (κ1) is 18.2. The Morgan fingerprint density at radius 2 is 1.46 bits per heavy atom. The first-order valence-corrected chi connectivity index (χ1v) is 9.04. The molecule has 1 aliphatic carbocycles. The molecule has 0 unspecified atom stereocenters. The van der Waals surface area contributed by atoms with Gasteiger partial charge < -0.3 is 9.47 Å². The average molecular weight is 352 g/mol. The van der Waals surface area contributed by atoms with Crippen molar-refractivity contribution in [3.05, 3.63) is 59.2 Å². The summed E-state index contributed by atoms with van der Waals surface area (Å²) in [6.45, 7) is 6.03. The molecule has 0 fully saturated rings. The summed E-state index contributed by atoms with van der Waals surface area (Å²) in [4.78, 5) is 25.3. The fourth-order valence-corrected chi connectivity index (χ4v) is 3.69. The third-order valence-corrected chi connectivity index (χ3v) is 4.95. The summed E-state index contributed by atoms with van der Waals surface area (Å²) in [6, 6.07) is 14.3. The van der Waals surface area contributed by atoms with E-state index in [1.165, 1.54) is 0 Å². The zero-order valence-corrected chi connectivity index (χ0v) is 15.5. The van der Waals surface area contributed by atoms with Gasteiger partial charge in [-0.3, -0.25) is 9.59 Å². The third-order valence-electron chi connectivity index (χ3n) is 4.95. The fourth-order valence-electron chi connectivity index (χ4n) is 3.69. The molecule has 0 heterocycles. The van der Waals surface area contributed by atoms with Gasteiger partial charge in [-0.05, 0) is 61.4 Å². The van der Waals surface area contributed by atoms with Crippen LogP contribution in [0.1, 0.15) is 30.5 Å². The van der Waals surface area contributed by atoms with E-state index in [2.05, 4.69) is 31.2 Å². The topological polar surface area (TPSA) is 52.6 Å². The van der Waals surface area contributed by atoms with Gasteiger partial charge in [0.05, 0.1) is 13.2 Å². The van der Waals surface area contributed by atoms with Crippen LogP contribution in [0.4, 0.5) is 0 Å². The molecule has 0 atom stereocenters. The molecule has 26 heavy (non-hydrogen) atoms. The second-order valence-electron chi connectivity index (χ2n) is 6.68. The zero-order valence-electron chi connectivity index (χ0n) is 15.5. The molecule has 0 amide bonds. The molecule has 0 aromatic heterocycles. The Morgan fingerprint density at radius 1 is 0.923 bits per heavy atom. The van der Waals surface area contributed by atoms with Crippen molar-refractivity contribution in [2.45, 2.75) is 33.6 Å². The average Bonchev–Trinajstić information content (AvgIpc) is 3.02. The van der Waals surface area contributed by atoms with Crippen molar-refractivity contribution in [2.24, 2.45) is 5.41 Å². The van der Waals surface area contributed by atoms with Crippen molar-refractivity contribution in [1.82, 2.24) is 0 Å². The van der Waals surface area contributed by atoms with Crippen LogP contribution in [0.2, 0.25) is 0 Å². The first-order chi connectivity index (χ1) is 12.5. The number of hydrogen-bond acceptors (Lipinski definition) is 4. The number of esters is 2. The van der Waals surface area contributed by atoms with Crippen molar-refractivity contribution < 1.29 is 19.1 Å². The van der Waals surface area contributed by atoms with Crippen molar-refractivity contribution >= 4 is 11.9 Å². The Kier molecular flexibility index (Phi) is 5.12. The van der Waals surface area contributed by atoms with Gasteiger partial charge in [-0.2, -0.15) is 0 Å². The first-order valence-electron chi connectivity index (χ1n) is 9.04. The number of ether oxygens (including phenoxy) is 2. The quantitative estimate of drug-likeness (QED) is 0.605. The molecule has 2 aromatic rings. The zero-order chi connectivity index (χ0) is 18.7. The Morgan fingerprint density at radius 3 is 2.00 bits per heavy atom. The highest BCUT2D eigenvalue weighted by molar-refractivity contribution is 6.01. The van der Waals surface area contributed by atoms with Crippen LogP contribution in [0.15, 0.2) is 42.5 Å². The number of carbonyl (C=O) groups excluding carboxylic acids is 2. The van der Waals surface area contributed by atoms with Gasteiger partial charge in [0.1, 0.15) is 0 Å². The highest BCUT2D eigenvalue weighted by Crippen LogP contribution is 2.42. The molecule has 0 spiro atoms. The Labute approximate surface area is 154 Å². The van der Waals surface area contributed by atoms with Crippen LogP contribution in [0.3, 0.4) is 0 Å². The summed E-state index contributed by atoms with van der Waals surface area (Å²) in [5, 5.41) is 0. The third kappa shape index (κ3) is 3.12. The minimum atomic E-state index is -1.27. The minimum Gasteiger partial charge on any atom is -0.465 e. The van der Waals surface area contributed by atoms with Gasteiger partial charge in [0.2, 0.25) is 0 Å². The van der Waals surface area contributed by atoms with E-state index in [0.29, 0.717) is 12.8 Å². The molecule has 4 nitrogen and oxygen atoms in total. The van der Waals surface area contributed by atoms with Gasteiger partial charge >= 0.3 is 11.9 Å². The maximum absolute atomic E-state index is 12.7. The Hall–Kier alpha value is -2.62. The lowest BCUT2D eigenvalue weighted by Crippen LogP contribution is -2.43. The van der Waals surface area contributed by atoms with E-state index in [0.717, 1.165) is 27.8 Å². The molecule has 3 rings (SSSR count). The van der Waals surface area contributed by atoms with E-state index in [9.17, 15) is 9.59 Å². The molecule has 0 bridgehead atoms. The summed E-state index contributed by atoms with van der Waals surface area (Å²) >= 11 is 0. The van der Waals surface area contributed by atoms with E-state index in [-0.39, 0.29) is 13.2 Å². The van der Waals surface area contributed by atoms with Gasteiger partial charge in [0.15, 0.2) is 5.41 Å². The minimum absolute atomic E-state index is 0.241. The summed E-state index contributed by atoms with van der Waals surface area (Å²) in [5.74, 6) is -0.984. The van der Waals surface area contributed by atoms with Gasteiger partial charge in [-0.25, -0.2) is 0 Å². The fraction of sp³-hybridized carbons (Fsp3) is 0.364. The molecule has 136 valence electrons. The summed E-state index contributed by atoms with van der Waals surface area (Å²) < 4.78 is 10.5. The molecule has 1 aliphatic rings. The van der Waals surface area contributed by atoms with Crippen LogP contribution in [0.5, 0.6) is 0 Å². The van der Waals surface area contributed by atoms with Crippen LogP contribution in [-0.2, 0) is 31.9 Å². The number of hydrogen-bond donors (Lipinski definition) is 0. The van der Waals surface area contributed by atoms with Crippen LogP contribution in [0, 0.1) is 12.3 Å². The molecule has 0 saturated heterocycles. The van der Waals surface area contributed by atoms with Crippen LogP contribution < -0.4 is 0 Å². The predicted octanol–water partition coefficient (Wildman–Crippen LogP) is 3.87. The molecule has 0 aliphatic heterocycles. The monoisotopic (exact) mass is 352 g/mol. The second-order valence-corrected chi connectivity index (χ2v) is 6.68. The highest BCUT2D eigenvalue weighted by atomic mass is 16.6. The number of aryl methyl sites for hydroxylation is 1. The summed E-state index contributed by atoms with van der Waals surface area (Å²) in [5.41, 5.74) is 4.12. The number of benzene rings is 2. The largest absolute Gasteiger partial charge is 0.465 e. The molecule has 2 aromatic carbocycles. The van der Waals surface area contributed by atoms with E-state index in [1.54, 1.807) is 13.8 Å². The van der Waals surface area contributed by atoms with E-state index in [1.807, 2.05) is 18.2 Å². The van der Waals surface area contributed by atoms with E-state index >= 15 is 0 Å². The van der Waals surface area contributed by atoms with E-state index in [4.69, 9.17) is 9.47 Å². The SMILES string of the molecule is CCOC(=O)C1(C(=O)OCC)Cc2cc(C)c(-c3ccccc3)cc2C1. The standard InChI is InChI=1S/C22H24O4/c1-4-25-20(23)22(21(24)26-5-2)13-17-11-15(3)19(12-18(17)14-22)16-9-7-6-8-10-16/h6-12H,4-5,13-14H2,1-3H3. The summed E-state index contributed by atoms with van der Waals surface area (Å²) in [6.07, 6.45) is 0.649. The predicted molar refractivity (Wildman–Crippen MR) is 99.7 cm³/mol. The van der Waals surface area contributed by atoms with Crippen LogP contribution >= 0.6 is 0 Å². The highest BCUT2D eigenvalue weighted by Gasteiger charge is 2.53. The lowest BCUT2D eigenvalue weighted by Gasteiger charge is -2.23. The molecule has 0 saturated carbocycles. The van der Waals surface area contributed by atoms with Crippen LogP contribution in [0.25, 0.3) is 11.1 Å². The Bertz CT molecular complexity index is 806. The van der Waals surface area contributed by atoms with E-state index < -0.39 is 17.4 Å². The van der Waals surface area contributed by atoms with Crippen LogP contribution in [-0.4, -0.2) is 25.2 Å². The molecular formula is C22H24O4. The normalized spacial score (nSPS) is 14.6. The van der Waals surface area contributed by atoms with Crippen molar-refractivity contribution in [3.63, 3.8) is 0 Å². The second kappa shape index (κ2) is 7.32. The molecular weight excluding hydrogens is 328 g/mol. The van der Waals surface area contributed by atoms with Crippen molar-refractivity contribution in [1.29, 1.82) is 0 Å². The van der Waals surface area contributed by atoms with Gasteiger partial charge in [-0.15, -0.1) is 0 Å². The lowest BCUT2D eigenvalue weighted by atomic mass is 9.84. The van der Waals surface area contributed by atoms with Crippen molar-refractivity contribution in [3.8, 4) is 11.1 Å². The molecule has 0 N–H and O–H groups in total. The number of rotatable bonds is 5. The summed E-state index contributed by atoms with van der Waals surface area (Å²) in [7, 11) is 0. The number of fused-ring (bicyclic) bond motifs is 1. The number of carbonyl (C=O) groups is 2. The lowest BCUT2D eigenvalue weighted by molar-refractivity contribution is -0.171. The van der Waals surface area contributed by atoms with Gasteiger partial charge in [0.25, 0.3) is 0 Å². The smallest absolute Gasteiger partial charge is 0.324 e. The molecule has 0 radical (unpaired) electrons. The van der Waals surface area contributed by atoms with Gasteiger partial charge in [-0.1, -0.05) is 42.5 Å². The van der Waals surface area contributed by atoms with Gasteiger partial charge in [0, 0.05) is 0 Å². The maximum Gasteiger partial charge on any atom is 0.324 e. The van der Waals surface area contributed by atoms with Crippen molar-refractivity contribution in [2.75, 3.05) is 13.2 Å². The molecule has 4 heteroatoms. The maximum atomic E-state index is 12.7.